The number of amides is 1. The summed E-state index contributed by atoms with van der Waals surface area (Å²) in [6.07, 6.45) is 0. The number of nitrogen functional groups attached to an aromatic ring is 1. The number of carbonyl (C=O) groups is 1. The molecule has 1 amide bonds. The number of hydroxylamine groups is 2. The van der Waals surface area contributed by atoms with Gasteiger partial charge in [-0.1, -0.05) is 5.69 Å². The zero-order chi connectivity index (χ0) is 9.84. The molecule has 0 aliphatic rings. The summed E-state index contributed by atoms with van der Waals surface area (Å²) in [5.74, 6) is -0.281. The van der Waals surface area contributed by atoms with Crippen LogP contribution in [0.25, 0.3) is 0 Å². The number of hydrogen-bond donors (Lipinski definition) is 1. The third-order valence-corrected chi connectivity index (χ3v) is 1.69. The van der Waals surface area contributed by atoms with Crippen LogP contribution in [0.4, 0.5) is 5.69 Å². The first-order valence-corrected chi connectivity index (χ1v) is 3.74. The van der Waals surface area contributed by atoms with Crippen LogP contribution in [-0.2, 0) is 25.9 Å². The summed E-state index contributed by atoms with van der Waals surface area (Å²) >= 11 is 0. The minimum absolute atomic E-state index is 0. The van der Waals surface area contributed by atoms with Crippen molar-refractivity contribution in [3.63, 3.8) is 0 Å². The van der Waals surface area contributed by atoms with E-state index in [1.807, 2.05) is 0 Å². The SMILES string of the molecule is CON(C)C(=O)c1c[c-]ccc1N.[W]. The van der Waals surface area contributed by atoms with Gasteiger partial charge in [0.05, 0.1) is 7.11 Å². The molecule has 0 fully saturated rings. The number of hydrogen-bond acceptors (Lipinski definition) is 3. The van der Waals surface area contributed by atoms with E-state index in [0.717, 1.165) is 5.06 Å². The largest absolute Gasteiger partial charge is 0.419 e. The molecule has 0 spiro atoms. The van der Waals surface area contributed by atoms with Gasteiger partial charge in [0.1, 0.15) is 0 Å². The Labute approximate surface area is 97.2 Å². The molecule has 1 rings (SSSR count). The van der Waals surface area contributed by atoms with E-state index >= 15 is 0 Å². The van der Waals surface area contributed by atoms with Gasteiger partial charge in [0.15, 0.2) is 0 Å². The summed E-state index contributed by atoms with van der Waals surface area (Å²) in [6.45, 7) is 0. The third kappa shape index (κ3) is 2.82. The number of benzene rings is 1. The Kier molecular flexibility index (Phi) is 5.43. The van der Waals surface area contributed by atoms with E-state index in [2.05, 4.69) is 6.07 Å². The molecule has 0 bridgehead atoms. The van der Waals surface area contributed by atoms with Crippen molar-refractivity contribution in [1.82, 2.24) is 5.06 Å². The normalized spacial score (nSPS) is 9.00. The molecule has 5 heteroatoms. The smallest absolute Gasteiger partial charge is 0.223 e. The summed E-state index contributed by atoms with van der Waals surface area (Å²) in [5.41, 5.74) is 6.41. The fraction of sp³-hybridized carbons (Fsp3) is 0.222. The first-order chi connectivity index (χ1) is 6.16. The van der Waals surface area contributed by atoms with Crippen molar-refractivity contribution in [1.29, 1.82) is 0 Å². The van der Waals surface area contributed by atoms with Gasteiger partial charge in [-0.25, -0.2) is 5.06 Å². The number of nitrogens with zero attached hydrogens (tertiary/aromatic N) is 1. The molecule has 0 saturated carbocycles. The zero-order valence-corrected chi connectivity index (χ0v) is 10.9. The number of rotatable bonds is 2. The van der Waals surface area contributed by atoms with Crippen molar-refractivity contribution in [2.75, 3.05) is 19.9 Å². The van der Waals surface area contributed by atoms with Crippen molar-refractivity contribution < 1.29 is 30.7 Å². The van der Waals surface area contributed by atoms with E-state index in [9.17, 15) is 4.79 Å². The van der Waals surface area contributed by atoms with Gasteiger partial charge in [0.25, 0.3) is 0 Å². The maximum atomic E-state index is 11.5. The average molecular weight is 363 g/mol. The third-order valence-electron chi connectivity index (χ3n) is 1.69. The number of nitrogens with two attached hydrogens (primary N) is 1. The van der Waals surface area contributed by atoms with E-state index in [-0.39, 0.29) is 27.0 Å². The molecule has 0 aliphatic carbocycles. The molecule has 0 aromatic heterocycles. The van der Waals surface area contributed by atoms with Crippen LogP contribution in [0.5, 0.6) is 0 Å². The van der Waals surface area contributed by atoms with Crippen molar-refractivity contribution in [3.05, 3.63) is 29.8 Å². The van der Waals surface area contributed by atoms with Crippen LogP contribution in [0.1, 0.15) is 10.4 Å². The fourth-order valence-electron chi connectivity index (χ4n) is 0.880. The van der Waals surface area contributed by atoms with Gasteiger partial charge in [-0.2, -0.15) is 18.2 Å². The van der Waals surface area contributed by atoms with Gasteiger partial charge in [-0.3, -0.25) is 9.63 Å². The standard InChI is InChI=1S/C9H11N2O2.W/c1-11(13-2)9(12)7-5-3-4-6-8(7)10;/h4-6H,10H2,1-2H3;/q-1;. The van der Waals surface area contributed by atoms with E-state index < -0.39 is 0 Å². The molecule has 0 atom stereocenters. The quantitative estimate of drug-likeness (QED) is 0.478. The average Bonchev–Trinajstić information content (AvgIpc) is 2.16. The Morgan fingerprint density at radius 1 is 1.64 bits per heavy atom. The predicted octanol–water partition coefficient (Wildman–Crippen LogP) is 0.700. The predicted molar refractivity (Wildman–Crippen MR) is 48.8 cm³/mol. The molecule has 0 saturated heterocycles. The molecular weight excluding hydrogens is 352 g/mol. The first-order valence-electron chi connectivity index (χ1n) is 3.74. The van der Waals surface area contributed by atoms with Gasteiger partial charge in [-0.15, -0.1) is 6.07 Å². The number of anilines is 1. The minimum atomic E-state index is -0.281. The first kappa shape index (κ1) is 13.1. The molecule has 0 unspecified atom stereocenters. The van der Waals surface area contributed by atoms with Crippen LogP contribution in [0.2, 0.25) is 0 Å². The van der Waals surface area contributed by atoms with Crippen LogP contribution in [0, 0.1) is 6.07 Å². The molecule has 76 valence electrons. The Balaban J connectivity index is 0.00000169. The van der Waals surface area contributed by atoms with Gasteiger partial charge < -0.3 is 5.73 Å². The van der Waals surface area contributed by atoms with Crippen LogP contribution in [0.15, 0.2) is 18.2 Å². The Hall–Kier alpha value is -0.862. The Morgan fingerprint density at radius 2 is 2.29 bits per heavy atom. The summed E-state index contributed by atoms with van der Waals surface area (Å²) in [6, 6.07) is 7.59. The van der Waals surface area contributed by atoms with Crippen LogP contribution in [0.3, 0.4) is 0 Å². The maximum Gasteiger partial charge on any atom is 0.223 e. The van der Waals surface area contributed by atoms with Crippen LogP contribution >= 0.6 is 0 Å². The van der Waals surface area contributed by atoms with E-state index in [1.54, 1.807) is 12.1 Å². The molecule has 1 aromatic rings. The second-order valence-electron chi connectivity index (χ2n) is 2.50. The maximum absolute atomic E-state index is 11.5. The summed E-state index contributed by atoms with van der Waals surface area (Å²) in [4.78, 5) is 16.2. The fourth-order valence-corrected chi connectivity index (χ4v) is 0.880. The van der Waals surface area contributed by atoms with Gasteiger partial charge in [0.2, 0.25) is 5.91 Å². The number of carbonyl (C=O) groups excluding carboxylic acids is 1. The second kappa shape index (κ2) is 5.78. The molecule has 4 nitrogen and oxygen atoms in total. The van der Waals surface area contributed by atoms with Crippen LogP contribution < -0.4 is 5.73 Å². The van der Waals surface area contributed by atoms with Gasteiger partial charge in [0, 0.05) is 28.1 Å². The van der Waals surface area contributed by atoms with Gasteiger partial charge >= 0.3 is 0 Å². The van der Waals surface area contributed by atoms with E-state index in [1.165, 1.54) is 20.2 Å². The van der Waals surface area contributed by atoms with Crippen molar-refractivity contribution >= 4 is 11.6 Å². The van der Waals surface area contributed by atoms with Crippen LogP contribution in [-0.4, -0.2) is 25.1 Å². The van der Waals surface area contributed by atoms with Gasteiger partial charge in [-0.05, 0) is 5.56 Å². The molecule has 0 heterocycles. The van der Waals surface area contributed by atoms with Crippen molar-refractivity contribution in [2.45, 2.75) is 0 Å². The second-order valence-corrected chi connectivity index (χ2v) is 2.50. The molecular formula is C9H11N2O2W-. The van der Waals surface area contributed by atoms with E-state index in [0.29, 0.717) is 11.3 Å². The minimum Gasteiger partial charge on any atom is -0.419 e. The summed E-state index contributed by atoms with van der Waals surface area (Å²) in [5, 5.41) is 1.11. The summed E-state index contributed by atoms with van der Waals surface area (Å²) in [7, 11) is 2.94. The topological polar surface area (TPSA) is 55.6 Å². The van der Waals surface area contributed by atoms with Crippen molar-refractivity contribution in [2.24, 2.45) is 0 Å². The van der Waals surface area contributed by atoms with E-state index in [4.69, 9.17) is 10.6 Å². The molecule has 0 radical (unpaired) electrons. The molecule has 0 aliphatic heterocycles. The van der Waals surface area contributed by atoms with Crippen molar-refractivity contribution in [3.8, 4) is 0 Å². The molecule has 2 N–H and O–H groups in total. The Bertz CT molecular complexity index is 317. The monoisotopic (exact) mass is 363 g/mol. The molecule has 14 heavy (non-hydrogen) atoms. The summed E-state index contributed by atoms with van der Waals surface area (Å²) < 4.78 is 0. The zero-order valence-electron chi connectivity index (χ0n) is 7.98. The Morgan fingerprint density at radius 3 is 2.79 bits per heavy atom. The molecule has 1 aromatic carbocycles.